The number of hydrogen-bond acceptors (Lipinski definition) is 2. The zero-order valence-electron chi connectivity index (χ0n) is 12.9. The van der Waals surface area contributed by atoms with E-state index in [1.54, 1.807) is 6.07 Å². The highest BCUT2D eigenvalue weighted by atomic mass is 19.1. The molecule has 0 aliphatic rings. The van der Waals surface area contributed by atoms with Crippen molar-refractivity contribution in [1.29, 1.82) is 0 Å². The second kappa shape index (κ2) is 7.34. The van der Waals surface area contributed by atoms with Crippen LogP contribution in [0.25, 0.3) is 0 Å². The molecule has 0 saturated heterocycles. The molecule has 21 heavy (non-hydrogen) atoms. The summed E-state index contributed by atoms with van der Waals surface area (Å²) in [5, 5.41) is 3.21. The molecule has 0 aliphatic heterocycles. The van der Waals surface area contributed by atoms with Crippen LogP contribution >= 0.6 is 0 Å². The molecule has 1 atom stereocenters. The molecular weight excluding hydrogens is 263 g/mol. The molecule has 0 heterocycles. The van der Waals surface area contributed by atoms with Gasteiger partial charge in [-0.2, -0.15) is 0 Å². The van der Waals surface area contributed by atoms with Crippen molar-refractivity contribution in [2.45, 2.75) is 19.5 Å². The van der Waals surface area contributed by atoms with Crippen LogP contribution in [-0.4, -0.2) is 25.5 Å². The lowest BCUT2D eigenvalue weighted by Gasteiger charge is -2.25. The maximum atomic E-state index is 13.9. The van der Waals surface area contributed by atoms with Crippen molar-refractivity contribution in [3.8, 4) is 0 Å². The standard InChI is InChI=1S/C18H23FN2/c1-14-8-4-5-9-15(14)12-21(3)13-18(20-2)16-10-6-7-11-17(16)19/h4-11,18,20H,12-13H2,1-3H3. The third kappa shape index (κ3) is 4.13. The van der Waals surface area contributed by atoms with E-state index < -0.39 is 0 Å². The van der Waals surface area contributed by atoms with Gasteiger partial charge >= 0.3 is 0 Å². The topological polar surface area (TPSA) is 15.3 Å². The molecule has 1 N–H and O–H groups in total. The molecule has 2 nitrogen and oxygen atoms in total. The van der Waals surface area contributed by atoms with Crippen molar-refractivity contribution >= 4 is 0 Å². The summed E-state index contributed by atoms with van der Waals surface area (Å²) in [7, 11) is 3.94. The Morgan fingerprint density at radius 3 is 2.43 bits per heavy atom. The third-order valence-corrected chi connectivity index (χ3v) is 3.82. The summed E-state index contributed by atoms with van der Waals surface area (Å²) < 4.78 is 13.9. The number of benzene rings is 2. The van der Waals surface area contributed by atoms with Crippen LogP contribution in [0.2, 0.25) is 0 Å². The minimum absolute atomic E-state index is 0.0137. The molecule has 3 heteroatoms. The molecule has 2 rings (SSSR count). The van der Waals surface area contributed by atoms with E-state index in [1.165, 1.54) is 17.2 Å². The Balaban J connectivity index is 2.05. The fourth-order valence-electron chi connectivity index (χ4n) is 2.56. The molecule has 1 unspecified atom stereocenters. The van der Waals surface area contributed by atoms with Gasteiger partial charge in [0.1, 0.15) is 5.82 Å². The lowest BCUT2D eigenvalue weighted by atomic mass is 10.0. The number of aryl methyl sites for hydroxylation is 1. The third-order valence-electron chi connectivity index (χ3n) is 3.82. The molecule has 2 aromatic rings. The molecule has 0 amide bonds. The fourth-order valence-corrected chi connectivity index (χ4v) is 2.56. The van der Waals surface area contributed by atoms with E-state index in [0.29, 0.717) is 0 Å². The van der Waals surface area contributed by atoms with Crippen molar-refractivity contribution in [2.75, 3.05) is 20.6 Å². The van der Waals surface area contributed by atoms with Crippen LogP contribution in [0.5, 0.6) is 0 Å². The first-order chi connectivity index (χ1) is 10.1. The second-order valence-corrected chi connectivity index (χ2v) is 5.49. The predicted molar refractivity (Wildman–Crippen MR) is 85.7 cm³/mol. The minimum atomic E-state index is -0.152. The lowest BCUT2D eigenvalue weighted by molar-refractivity contribution is 0.286. The summed E-state index contributed by atoms with van der Waals surface area (Å²) in [4.78, 5) is 2.22. The van der Waals surface area contributed by atoms with Gasteiger partial charge in [-0.1, -0.05) is 42.5 Å². The van der Waals surface area contributed by atoms with E-state index in [-0.39, 0.29) is 11.9 Å². The molecule has 0 bridgehead atoms. The minimum Gasteiger partial charge on any atom is -0.312 e. The van der Waals surface area contributed by atoms with E-state index in [1.807, 2.05) is 19.2 Å². The van der Waals surface area contributed by atoms with E-state index >= 15 is 0 Å². The summed E-state index contributed by atoms with van der Waals surface area (Å²) in [5.41, 5.74) is 3.32. The zero-order valence-corrected chi connectivity index (χ0v) is 12.9. The number of hydrogen-bond donors (Lipinski definition) is 1. The SMILES string of the molecule is CNC(CN(C)Cc1ccccc1C)c1ccccc1F. The van der Waals surface area contributed by atoms with Crippen molar-refractivity contribution < 1.29 is 4.39 Å². The number of nitrogens with one attached hydrogen (secondary N) is 1. The van der Waals surface area contributed by atoms with E-state index in [2.05, 4.69) is 48.5 Å². The largest absolute Gasteiger partial charge is 0.312 e. The van der Waals surface area contributed by atoms with Gasteiger partial charge in [-0.25, -0.2) is 4.39 Å². The first kappa shape index (κ1) is 15.7. The Hall–Kier alpha value is -1.71. The molecule has 0 aliphatic carbocycles. The first-order valence-corrected chi connectivity index (χ1v) is 7.26. The van der Waals surface area contributed by atoms with Gasteiger partial charge in [0, 0.05) is 24.7 Å². The number of halogens is 1. The summed E-state index contributed by atoms with van der Waals surface area (Å²) in [6, 6.07) is 15.3. The molecule has 0 fully saturated rings. The van der Waals surface area contributed by atoms with Crippen LogP contribution in [0.4, 0.5) is 4.39 Å². The summed E-state index contributed by atoms with van der Waals surface area (Å²) >= 11 is 0. The lowest BCUT2D eigenvalue weighted by Crippen LogP contribution is -2.31. The van der Waals surface area contributed by atoms with Gasteiger partial charge in [0.05, 0.1) is 0 Å². The van der Waals surface area contributed by atoms with Gasteiger partial charge in [-0.05, 0) is 38.2 Å². The van der Waals surface area contributed by atoms with Crippen LogP contribution in [0.1, 0.15) is 22.7 Å². The average molecular weight is 286 g/mol. The number of nitrogens with zero attached hydrogens (tertiary/aromatic N) is 1. The Bertz CT molecular complexity index is 583. The highest BCUT2D eigenvalue weighted by Crippen LogP contribution is 2.18. The highest BCUT2D eigenvalue weighted by Gasteiger charge is 2.15. The van der Waals surface area contributed by atoms with Crippen LogP contribution in [0.3, 0.4) is 0 Å². The van der Waals surface area contributed by atoms with Gasteiger partial charge in [-0.3, -0.25) is 0 Å². The van der Waals surface area contributed by atoms with Gasteiger partial charge in [-0.15, -0.1) is 0 Å². The number of rotatable bonds is 6. The first-order valence-electron chi connectivity index (χ1n) is 7.26. The summed E-state index contributed by atoms with van der Waals surface area (Å²) in [5.74, 6) is -0.152. The highest BCUT2D eigenvalue weighted by molar-refractivity contribution is 5.25. The Morgan fingerprint density at radius 1 is 1.10 bits per heavy atom. The smallest absolute Gasteiger partial charge is 0.128 e. The second-order valence-electron chi connectivity index (χ2n) is 5.49. The van der Waals surface area contributed by atoms with Gasteiger partial charge in [0.15, 0.2) is 0 Å². The van der Waals surface area contributed by atoms with E-state index in [4.69, 9.17) is 0 Å². The van der Waals surface area contributed by atoms with Crippen LogP contribution in [-0.2, 0) is 6.54 Å². The van der Waals surface area contributed by atoms with Crippen molar-refractivity contribution in [1.82, 2.24) is 10.2 Å². The van der Waals surface area contributed by atoms with Gasteiger partial charge < -0.3 is 10.2 Å². The quantitative estimate of drug-likeness (QED) is 0.874. The summed E-state index contributed by atoms with van der Waals surface area (Å²) in [6.45, 7) is 3.74. The maximum Gasteiger partial charge on any atom is 0.128 e. The predicted octanol–water partition coefficient (Wildman–Crippen LogP) is 3.53. The fraction of sp³-hybridized carbons (Fsp3) is 0.333. The Morgan fingerprint density at radius 2 is 1.76 bits per heavy atom. The van der Waals surface area contributed by atoms with Gasteiger partial charge in [0.25, 0.3) is 0 Å². The van der Waals surface area contributed by atoms with Gasteiger partial charge in [0.2, 0.25) is 0 Å². The molecule has 0 aromatic heterocycles. The van der Waals surface area contributed by atoms with Crippen molar-refractivity contribution in [3.63, 3.8) is 0 Å². The summed E-state index contributed by atoms with van der Waals surface area (Å²) in [6.07, 6.45) is 0. The molecule has 0 saturated carbocycles. The average Bonchev–Trinajstić information content (AvgIpc) is 2.48. The Kier molecular flexibility index (Phi) is 5.48. The normalized spacial score (nSPS) is 12.6. The molecular formula is C18H23FN2. The van der Waals surface area contributed by atoms with E-state index in [9.17, 15) is 4.39 Å². The maximum absolute atomic E-state index is 13.9. The Labute approximate surface area is 126 Å². The van der Waals surface area contributed by atoms with Crippen LogP contribution < -0.4 is 5.32 Å². The van der Waals surface area contributed by atoms with Crippen molar-refractivity contribution in [2.24, 2.45) is 0 Å². The van der Waals surface area contributed by atoms with Crippen LogP contribution in [0, 0.1) is 12.7 Å². The number of likely N-dealkylation sites (N-methyl/N-ethyl adjacent to an activating group) is 2. The van der Waals surface area contributed by atoms with Crippen LogP contribution in [0.15, 0.2) is 48.5 Å². The zero-order chi connectivity index (χ0) is 15.2. The molecule has 2 aromatic carbocycles. The molecule has 0 spiro atoms. The monoisotopic (exact) mass is 286 g/mol. The van der Waals surface area contributed by atoms with Crippen molar-refractivity contribution in [3.05, 3.63) is 71.0 Å². The molecule has 0 radical (unpaired) electrons. The molecule has 112 valence electrons. The van der Waals surface area contributed by atoms with E-state index in [0.717, 1.165) is 18.7 Å².